The average molecular weight is 480 g/mol. The maximum Gasteiger partial charge on any atom is 0.301 e. The van der Waals surface area contributed by atoms with Gasteiger partial charge in [0, 0.05) is 5.56 Å². The molecule has 0 aliphatic carbocycles. The minimum Gasteiger partial charge on any atom is -0.507 e. The van der Waals surface area contributed by atoms with E-state index >= 15 is 0 Å². The molecule has 0 bridgehead atoms. The van der Waals surface area contributed by atoms with Crippen molar-refractivity contribution in [3.05, 3.63) is 70.2 Å². The number of ketones is 1. The molecule has 1 unspecified atom stereocenters. The molecule has 1 aliphatic heterocycles. The van der Waals surface area contributed by atoms with E-state index in [9.17, 15) is 14.7 Å². The second kappa shape index (κ2) is 10.0. The predicted molar refractivity (Wildman–Crippen MR) is 129 cm³/mol. The van der Waals surface area contributed by atoms with Gasteiger partial charge in [0.1, 0.15) is 10.8 Å². The number of hydrogen-bond donors (Lipinski definition) is 1. The van der Waals surface area contributed by atoms with Crippen LogP contribution in [0, 0.1) is 6.92 Å². The van der Waals surface area contributed by atoms with Gasteiger partial charge < -0.3 is 14.6 Å². The summed E-state index contributed by atoms with van der Waals surface area (Å²) in [7, 11) is 0. The van der Waals surface area contributed by atoms with Crippen molar-refractivity contribution in [1.82, 2.24) is 10.2 Å². The first-order valence-corrected chi connectivity index (χ1v) is 11.8. The molecule has 0 saturated carbocycles. The van der Waals surface area contributed by atoms with Crippen LogP contribution in [0.4, 0.5) is 5.13 Å². The second-order valence-corrected chi connectivity index (χ2v) is 8.79. The molecule has 4 rings (SSSR count). The predicted octanol–water partition coefficient (Wildman–Crippen LogP) is 4.66. The molecular weight excluding hydrogens is 454 g/mol. The van der Waals surface area contributed by atoms with Gasteiger partial charge in [-0.3, -0.25) is 14.5 Å². The molecular formula is C25H25N3O5S. The summed E-state index contributed by atoms with van der Waals surface area (Å²) >= 11 is 1.20. The van der Waals surface area contributed by atoms with Gasteiger partial charge in [0.15, 0.2) is 11.5 Å². The number of ether oxygens (including phenoxy) is 2. The SMILES string of the molecule is CCCOc1ccc(C2C(=C(O)c3ccccc3)C(=O)C(=O)N2c2nnc(C)s2)cc1OCC. The normalized spacial score (nSPS) is 17.3. The number of benzene rings is 2. The Morgan fingerprint density at radius 2 is 1.82 bits per heavy atom. The van der Waals surface area contributed by atoms with Gasteiger partial charge in [0.25, 0.3) is 5.78 Å². The van der Waals surface area contributed by atoms with E-state index in [0.29, 0.717) is 40.8 Å². The van der Waals surface area contributed by atoms with Crippen molar-refractivity contribution in [1.29, 1.82) is 0 Å². The van der Waals surface area contributed by atoms with Crippen LogP contribution in [0.3, 0.4) is 0 Å². The van der Waals surface area contributed by atoms with E-state index in [2.05, 4.69) is 10.2 Å². The van der Waals surface area contributed by atoms with Crippen LogP contribution < -0.4 is 14.4 Å². The molecule has 0 radical (unpaired) electrons. The van der Waals surface area contributed by atoms with Gasteiger partial charge in [0.2, 0.25) is 5.13 Å². The first-order valence-electron chi connectivity index (χ1n) is 11.0. The maximum atomic E-state index is 13.2. The number of aliphatic hydroxyl groups excluding tert-OH is 1. The van der Waals surface area contributed by atoms with Gasteiger partial charge in [0.05, 0.1) is 24.8 Å². The highest BCUT2D eigenvalue weighted by Gasteiger charge is 2.48. The van der Waals surface area contributed by atoms with E-state index in [4.69, 9.17) is 9.47 Å². The Morgan fingerprint density at radius 1 is 1.06 bits per heavy atom. The Hall–Kier alpha value is -3.72. The quantitative estimate of drug-likeness (QED) is 0.285. The van der Waals surface area contributed by atoms with E-state index < -0.39 is 17.7 Å². The average Bonchev–Trinajstić information content (AvgIpc) is 3.39. The Labute approximate surface area is 201 Å². The van der Waals surface area contributed by atoms with Crippen LogP contribution in [-0.2, 0) is 9.59 Å². The summed E-state index contributed by atoms with van der Waals surface area (Å²) in [6.07, 6.45) is 0.834. The highest BCUT2D eigenvalue weighted by molar-refractivity contribution is 7.15. The van der Waals surface area contributed by atoms with E-state index in [1.54, 1.807) is 55.5 Å². The van der Waals surface area contributed by atoms with Crippen LogP contribution in [-0.4, -0.2) is 40.2 Å². The second-order valence-electron chi connectivity index (χ2n) is 7.63. The summed E-state index contributed by atoms with van der Waals surface area (Å²) in [5.41, 5.74) is 0.998. The first-order chi connectivity index (χ1) is 16.5. The smallest absolute Gasteiger partial charge is 0.301 e. The topological polar surface area (TPSA) is 102 Å². The summed E-state index contributed by atoms with van der Waals surface area (Å²) in [5.74, 6) is -0.755. The standard InChI is InChI=1S/C25H25N3O5S/c1-4-13-33-18-12-11-17(14-19(18)32-5-2)21-20(22(29)16-9-7-6-8-10-16)23(30)24(31)28(21)25-27-26-15(3)34-25/h6-12,14,21,29H,4-5,13H2,1-3H3. The van der Waals surface area contributed by atoms with Crippen LogP contribution in [0.1, 0.15) is 42.4 Å². The molecule has 1 saturated heterocycles. The monoisotopic (exact) mass is 479 g/mol. The van der Waals surface area contributed by atoms with E-state index in [1.807, 2.05) is 13.8 Å². The van der Waals surface area contributed by atoms with Crippen molar-refractivity contribution in [3.63, 3.8) is 0 Å². The molecule has 8 nitrogen and oxygen atoms in total. The lowest BCUT2D eigenvalue weighted by Gasteiger charge is -2.23. The van der Waals surface area contributed by atoms with Gasteiger partial charge in [-0.25, -0.2) is 0 Å². The molecule has 3 aromatic rings. The number of aromatic nitrogens is 2. The fraction of sp³-hybridized carbons (Fsp3) is 0.280. The molecule has 1 aromatic heterocycles. The van der Waals surface area contributed by atoms with E-state index in [1.165, 1.54) is 16.2 Å². The van der Waals surface area contributed by atoms with Crippen molar-refractivity contribution in [2.45, 2.75) is 33.2 Å². The molecule has 1 aliphatic rings. The Bertz CT molecular complexity index is 1240. The van der Waals surface area contributed by atoms with Crippen molar-refractivity contribution >= 4 is 33.9 Å². The first kappa shape index (κ1) is 23.4. The fourth-order valence-corrected chi connectivity index (χ4v) is 4.49. The van der Waals surface area contributed by atoms with Crippen LogP contribution in [0.5, 0.6) is 11.5 Å². The highest BCUT2D eigenvalue weighted by Crippen LogP contribution is 2.44. The third-order valence-corrected chi connectivity index (χ3v) is 6.10. The third kappa shape index (κ3) is 4.38. The Morgan fingerprint density at radius 3 is 2.47 bits per heavy atom. The molecule has 34 heavy (non-hydrogen) atoms. The summed E-state index contributed by atoms with van der Waals surface area (Å²) < 4.78 is 11.6. The highest BCUT2D eigenvalue weighted by atomic mass is 32.1. The van der Waals surface area contributed by atoms with Crippen molar-refractivity contribution in [2.75, 3.05) is 18.1 Å². The van der Waals surface area contributed by atoms with Gasteiger partial charge in [-0.05, 0) is 38.0 Å². The van der Waals surface area contributed by atoms with Gasteiger partial charge in [-0.1, -0.05) is 54.7 Å². The number of Topliss-reactive ketones (excluding diaryl/α,β-unsaturated/α-hetero) is 1. The van der Waals surface area contributed by atoms with Crippen LogP contribution in [0.15, 0.2) is 54.1 Å². The van der Waals surface area contributed by atoms with Crippen LogP contribution >= 0.6 is 11.3 Å². The van der Waals surface area contributed by atoms with Crippen LogP contribution in [0.2, 0.25) is 0 Å². The number of rotatable bonds is 8. The number of amides is 1. The Balaban J connectivity index is 1.91. The summed E-state index contributed by atoms with van der Waals surface area (Å²) in [6, 6.07) is 13.0. The number of nitrogens with zero attached hydrogens (tertiary/aromatic N) is 3. The lowest BCUT2D eigenvalue weighted by molar-refractivity contribution is -0.132. The minimum absolute atomic E-state index is 0.0197. The fourth-order valence-electron chi connectivity index (χ4n) is 3.77. The zero-order valence-electron chi connectivity index (χ0n) is 19.1. The summed E-state index contributed by atoms with van der Waals surface area (Å²) in [4.78, 5) is 27.7. The number of aryl methyl sites for hydroxylation is 1. The number of carbonyl (C=O) groups excluding carboxylic acids is 2. The van der Waals surface area contributed by atoms with Crippen molar-refractivity contribution in [3.8, 4) is 11.5 Å². The van der Waals surface area contributed by atoms with Gasteiger partial charge >= 0.3 is 5.91 Å². The number of hydrogen-bond acceptors (Lipinski definition) is 8. The maximum absolute atomic E-state index is 13.2. The summed E-state index contributed by atoms with van der Waals surface area (Å²) in [5, 5.41) is 20.2. The van der Waals surface area contributed by atoms with Gasteiger partial charge in [-0.2, -0.15) is 0 Å². The molecule has 2 heterocycles. The van der Waals surface area contributed by atoms with Crippen molar-refractivity contribution < 1.29 is 24.2 Å². The van der Waals surface area contributed by atoms with Gasteiger partial charge in [-0.15, -0.1) is 10.2 Å². The number of carbonyl (C=O) groups is 2. The Kier molecular flexibility index (Phi) is 6.93. The molecule has 1 fully saturated rings. The van der Waals surface area contributed by atoms with E-state index in [-0.39, 0.29) is 16.5 Å². The molecule has 1 atom stereocenters. The molecule has 9 heteroatoms. The lowest BCUT2D eigenvalue weighted by atomic mass is 9.95. The molecule has 1 N–H and O–H groups in total. The zero-order chi connectivity index (χ0) is 24.2. The minimum atomic E-state index is -0.910. The number of anilines is 1. The van der Waals surface area contributed by atoms with Crippen LogP contribution in [0.25, 0.3) is 5.76 Å². The molecule has 1 amide bonds. The molecule has 2 aromatic carbocycles. The van der Waals surface area contributed by atoms with E-state index in [0.717, 1.165) is 6.42 Å². The molecule has 176 valence electrons. The number of aliphatic hydroxyl groups is 1. The molecule has 0 spiro atoms. The summed E-state index contributed by atoms with van der Waals surface area (Å²) in [6.45, 7) is 6.57. The third-order valence-electron chi connectivity index (χ3n) is 5.26. The largest absolute Gasteiger partial charge is 0.507 e. The lowest BCUT2D eigenvalue weighted by Crippen LogP contribution is -2.29. The zero-order valence-corrected chi connectivity index (χ0v) is 20.0. The van der Waals surface area contributed by atoms with Crippen molar-refractivity contribution in [2.24, 2.45) is 0 Å².